The molecular formula is C11H19N3O. The Bertz CT molecular complexity index is 323. The van der Waals surface area contributed by atoms with Crippen LogP contribution in [0.4, 0.5) is 0 Å². The Morgan fingerprint density at radius 1 is 1.60 bits per heavy atom. The van der Waals surface area contributed by atoms with Crippen molar-refractivity contribution in [3.8, 4) is 0 Å². The zero-order valence-electron chi connectivity index (χ0n) is 9.43. The van der Waals surface area contributed by atoms with Crippen molar-refractivity contribution in [2.75, 3.05) is 7.05 Å². The Morgan fingerprint density at radius 2 is 2.40 bits per heavy atom. The molecule has 15 heavy (non-hydrogen) atoms. The van der Waals surface area contributed by atoms with Crippen LogP contribution in [0.2, 0.25) is 0 Å². The van der Waals surface area contributed by atoms with Gasteiger partial charge in [0.25, 0.3) is 0 Å². The predicted molar refractivity (Wildman–Crippen MR) is 58.3 cm³/mol. The van der Waals surface area contributed by atoms with Crippen LogP contribution in [0.1, 0.15) is 25.1 Å². The molecule has 1 fully saturated rings. The molecule has 1 heterocycles. The molecule has 0 aromatic carbocycles. The molecule has 1 aliphatic rings. The standard InChI is InChI=1S/C11H19N3O/c1-13-7-6-12-11(13)8-14(2)9-4-3-5-10(9)15/h6-7,9-10,15H,3-5,8H2,1-2H3/t9-,10-/m1/s1. The van der Waals surface area contributed by atoms with Crippen LogP contribution in [0.15, 0.2) is 12.4 Å². The van der Waals surface area contributed by atoms with Gasteiger partial charge in [-0.2, -0.15) is 0 Å². The molecule has 0 aliphatic heterocycles. The van der Waals surface area contributed by atoms with Gasteiger partial charge in [-0.05, 0) is 26.3 Å². The Balaban J connectivity index is 1.97. The van der Waals surface area contributed by atoms with Crippen LogP contribution in [0.5, 0.6) is 0 Å². The average Bonchev–Trinajstić information content (AvgIpc) is 2.76. The van der Waals surface area contributed by atoms with Crippen LogP contribution in [0.3, 0.4) is 0 Å². The van der Waals surface area contributed by atoms with Gasteiger partial charge in [0.2, 0.25) is 0 Å². The lowest BCUT2D eigenvalue weighted by molar-refractivity contribution is 0.0806. The summed E-state index contributed by atoms with van der Waals surface area (Å²) in [7, 11) is 4.06. The van der Waals surface area contributed by atoms with Crippen LogP contribution in [0.25, 0.3) is 0 Å². The number of aliphatic hydroxyl groups is 1. The Hall–Kier alpha value is -0.870. The fraction of sp³-hybridized carbons (Fsp3) is 0.727. The van der Waals surface area contributed by atoms with E-state index in [9.17, 15) is 5.11 Å². The van der Waals surface area contributed by atoms with Crippen molar-refractivity contribution in [2.45, 2.75) is 38.0 Å². The number of hydrogen-bond donors (Lipinski definition) is 1. The van der Waals surface area contributed by atoms with E-state index in [1.54, 1.807) is 0 Å². The van der Waals surface area contributed by atoms with Crippen LogP contribution >= 0.6 is 0 Å². The molecule has 0 spiro atoms. The first-order chi connectivity index (χ1) is 7.18. The molecule has 2 atom stereocenters. The van der Waals surface area contributed by atoms with Gasteiger partial charge in [-0.25, -0.2) is 4.98 Å². The number of rotatable bonds is 3. The van der Waals surface area contributed by atoms with E-state index in [2.05, 4.69) is 16.9 Å². The number of hydrogen-bond acceptors (Lipinski definition) is 3. The molecular weight excluding hydrogens is 190 g/mol. The van der Waals surface area contributed by atoms with Gasteiger partial charge in [-0.1, -0.05) is 0 Å². The maximum absolute atomic E-state index is 9.79. The van der Waals surface area contributed by atoms with Crippen molar-refractivity contribution >= 4 is 0 Å². The second kappa shape index (κ2) is 4.33. The first-order valence-electron chi connectivity index (χ1n) is 5.53. The van der Waals surface area contributed by atoms with Gasteiger partial charge < -0.3 is 9.67 Å². The van der Waals surface area contributed by atoms with E-state index >= 15 is 0 Å². The van der Waals surface area contributed by atoms with Crippen molar-refractivity contribution in [1.82, 2.24) is 14.5 Å². The number of nitrogens with zero attached hydrogens (tertiary/aromatic N) is 3. The van der Waals surface area contributed by atoms with E-state index in [-0.39, 0.29) is 6.10 Å². The molecule has 1 aromatic heterocycles. The van der Waals surface area contributed by atoms with E-state index in [0.717, 1.165) is 31.6 Å². The Labute approximate surface area is 90.5 Å². The summed E-state index contributed by atoms with van der Waals surface area (Å²) in [5.74, 6) is 1.05. The Kier molecular flexibility index (Phi) is 3.07. The smallest absolute Gasteiger partial charge is 0.122 e. The van der Waals surface area contributed by atoms with Gasteiger partial charge in [-0.3, -0.25) is 4.90 Å². The van der Waals surface area contributed by atoms with Gasteiger partial charge in [-0.15, -0.1) is 0 Å². The maximum atomic E-state index is 9.79. The van der Waals surface area contributed by atoms with Gasteiger partial charge in [0.05, 0.1) is 12.6 Å². The van der Waals surface area contributed by atoms with Crippen LogP contribution in [0, 0.1) is 0 Å². The first-order valence-corrected chi connectivity index (χ1v) is 5.53. The van der Waals surface area contributed by atoms with Crippen LogP contribution in [-0.4, -0.2) is 38.8 Å². The first kappa shape index (κ1) is 10.6. The minimum atomic E-state index is -0.157. The van der Waals surface area contributed by atoms with Gasteiger partial charge in [0.1, 0.15) is 5.82 Å². The van der Waals surface area contributed by atoms with E-state index in [1.807, 2.05) is 24.0 Å². The summed E-state index contributed by atoms with van der Waals surface area (Å²) in [6, 6.07) is 0.307. The summed E-state index contributed by atoms with van der Waals surface area (Å²) < 4.78 is 2.03. The summed E-state index contributed by atoms with van der Waals surface area (Å²) in [6.45, 7) is 0.811. The molecule has 0 radical (unpaired) electrons. The summed E-state index contributed by atoms with van der Waals surface area (Å²) in [6.07, 6.45) is 6.78. The number of aromatic nitrogens is 2. The molecule has 84 valence electrons. The molecule has 1 aromatic rings. The molecule has 1 N–H and O–H groups in total. The molecule has 4 nitrogen and oxygen atoms in total. The predicted octanol–water partition coefficient (Wildman–Crippen LogP) is 0.765. The lowest BCUT2D eigenvalue weighted by atomic mass is 10.2. The van der Waals surface area contributed by atoms with E-state index in [0.29, 0.717) is 6.04 Å². The summed E-state index contributed by atoms with van der Waals surface area (Å²) in [5.41, 5.74) is 0. The highest BCUT2D eigenvalue weighted by molar-refractivity contribution is 4.93. The van der Waals surface area contributed by atoms with Gasteiger partial charge >= 0.3 is 0 Å². The minimum absolute atomic E-state index is 0.157. The normalized spacial score (nSPS) is 26.4. The molecule has 0 amide bonds. The number of aliphatic hydroxyl groups excluding tert-OH is 1. The van der Waals surface area contributed by atoms with E-state index in [4.69, 9.17) is 0 Å². The highest BCUT2D eigenvalue weighted by Gasteiger charge is 2.28. The number of likely N-dealkylation sites (N-methyl/N-ethyl adjacent to an activating group) is 1. The topological polar surface area (TPSA) is 41.3 Å². The highest BCUT2D eigenvalue weighted by Crippen LogP contribution is 2.23. The van der Waals surface area contributed by atoms with Gasteiger partial charge in [0.15, 0.2) is 0 Å². The molecule has 1 aliphatic carbocycles. The lowest BCUT2D eigenvalue weighted by Gasteiger charge is -2.26. The largest absolute Gasteiger partial charge is 0.391 e. The third-order valence-electron chi connectivity index (χ3n) is 3.32. The van der Waals surface area contributed by atoms with Crippen molar-refractivity contribution in [1.29, 1.82) is 0 Å². The summed E-state index contributed by atoms with van der Waals surface area (Å²) >= 11 is 0. The summed E-state index contributed by atoms with van der Waals surface area (Å²) in [4.78, 5) is 6.50. The second-order valence-electron chi connectivity index (χ2n) is 4.44. The van der Waals surface area contributed by atoms with Crippen molar-refractivity contribution in [2.24, 2.45) is 7.05 Å². The SMILES string of the molecule is CN(Cc1nccn1C)[C@@H]1CCC[C@H]1O. The molecule has 4 heteroatoms. The van der Waals surface area contributed by atoms with Crippen LogP contribution in [-0.2, 0) is 13.6 Å². The third kappa shape index (κ3) is 2.21. The average molecular weight is 209 g/mol. The second-order valence-corrected chi connectivity index (χ2v) is 4.44. The van der Waals surface area contributed by atoms with E-state index in [1.165, 1.54) is 0 Å². The van der Waals surface area contributed by atoms with Crippen molar-refractivity contribution < 1.29 is 5.11 Å². The zero-order valence-corrected chi connectivity index (χ0v) is 9.43. The molecule has 0 unspecified atom stereocenters. The fourth-order valence-electron chi connectivity index (χ4n) is 2.32. The Morgan fingerprint density at radius 3 is 2.93 bits per heavy atom. The van der Waals surface area contributed by atoms with Gasteiger partial charge in [0, 0.05) is 25.5 Å². The van der Waals surface area contributed by atoms with E-state index < -0.39 is 0 Å². The third-order valence-corrected chi connectivity index (χ3v) is 3.32. The van der Waals surface area contributed by atoms with Crippen molar-refractivity contribution in [3.63, 3.8) is 0 Å². The highest BCUT2D eigenvalue weighted by atomic mass is 16.3. The maximum Gasteiger partial charge on any atom is 0.122 e. The fourth-order valence-corrected chi connectivity index (χ4v) is 2.32. The summed E-state index contributed by atoms with van der Waals surface area (Å²) in [5, 5.41) is 9.79. The van der Waals surface area contributed by atoms with Crippen molar-refractivity contribution in [3.05, 3.63) is 18.2 Å². The van der Waals surface area contributed by atoms with Crippen LogP contribution < -0.4 is 0 Å². The molecule has 0 saturated heterocycles. The molecule has 1 saturated carbocycles. The number of aryl methyl sites for hydroxylation is 1. The zero-order chi connectivity index (χ0) is 10.8. The number of imidazole rings is 1. The molecule has 2 rings (SSSR count). The molecule has 0 bridgehead atoms. The quantitative estimate of drug-likeness (QED) is 0.799. The monoisotopic (exact) mass is 209 g/mol. The lowest BCUT2D eigenvalue weighted by Crippen LogP contribution is -2.37. The minimum Gasteiger partial charge on any atom is -0.391 e.